The van der Waals surface area contributed by atoms with Crippen molar-refractivity contribution in [1.29, 1.82) is 0 Å². The summed E-state index contributed by atoms with van der Waals surface area (Å²) in [5.74, 6) is 1.53. The molecule has 2 aromatic rings. The number of hydrogen-bond acceptors (Lipinski definition) is 4. The average molecular weight is 296 g/mol. The third-order valence-corrected chi connectivity index (χ3v) is 3.14. The van der Waals surface area contributed by atoms with Crippen molar-refractivity contribution < 1.29 is 14.3 Å². The monoisotopic (exact) mass is 295 g/mol. The number of nitrogens with one attached hydrogen (secondary N) is 1. The SMILES string of the molecule is C[C@@H](NCC(O)COc1ccc(Cl)cc1)c1ccco1. The molecule has 1 aromatic heterocycles. The van der Waals surface area contributed by atoms with E-state index >= 15 is 0 Å². The Morgan fingerprint density at radius 1 is 1.30 bits per heavy atom. The maximum absolute atomic E-state index is 9.87. The zero-order valence-electron chi connectivity index (χ0n) is 11.3. The van der Waals surface area contributed by atoms with Crippen LogP contribution in [-0.2, 0) is 0 Å². The van der Waals surface area contributed by atoms with E-state index in [1.165, 1.54) is 0 Å². The molecule has 0 aliphatic rings. The molecule has 0 amide bonds. The van der Waals surface area contributed by atoms with Crippen molar-refractivity contribution in [2.24, 2.45) is 0 Å². The molecule has 0 aliphatic carbocycles. The third kappa shape index (κ3) is 4.56. The Bertz CT molecular complexity index is 498. The van der Waals surface area contributed by atoms with Crippen LogP contribution in [0.3, 0.4) is 0 Å². The van der Waals surface area contributed by atoms with Crippen LogP contribution in [0.15, 0.2) is 47.1 Å². The predicted octanol–water partition coefficient (Wildman–Crippen LogP) is 3.02. The zero-order valence-corrected chi connectivity index (χ0v) is 12.0. The molecule has 0 bridgehead atoms. The van der Waals surface area contributed by atoms with Crippen LogP contribution in [0.1, 0.15) is 18.7 Å². The van der Waals surface area contributed by atoms with Crippen molar-refractivity contribution in [3.63, 3.8) is 0 Å². The van der Waals surface area contributed by atoms with Gasteiger partial charge >= 0.3 is 0 Å². The Labute approximate surface area is 123 Å². The molecule has 1 heterocycles. The van der Waals surface area contributed by atoms with Crippen LogP contribution < -0.4 is 10.1 Å². The molecule has 5 heteroatoms. The molecule has 2 N–H and O–H groups in total. The highest BCUT2D eigenvalue weighted by molar-refractivity contribution is 6.30. The lowest BCUT2D eigenvalue weighted by atomic mass is 10.2. The van der Waals surface area contributed by atoms with E-state index in [4.69, 9.17) is 20.8 Å². The summed E-state index contributed by atoms with van der Waals surface area (Å²) in [6.45, 7) is 2.63. The quantitative estimate of drug-likeness (QED) is 0.824. The minimum atomic E-state index is -0.594. The number of halogens is 1. The van der Waals surface area contributed by atoms with Crippen molar-refractivity contribution >= 4 is 11.6 Å². The van der Waals surface area contributed by atoms with Gasteiger partial charge in [-0.2, -0.15) is 0 Å². The van der Waals surface area contributed by atoms with Gasteiger partial charge in [-0.25, -0.2) is 0 Å². The predicted molar refractivity (Wildman–Crippen MR) is 78.1 cm³/mol. The molecule has 0 aliphatic heterocycles. The smallest absolute Gasteiger partial charge is 0.120 e. The molecule has 0 fully saturated rings. The third-order valence-electron chi connectivity index (χ3n) is 2.89. The molecule has 1 unspecified atom stereocenters. The molecule has 0 saturated carbocycles. The van der Waals surface area contributed by atoms with E-state index in [0.29, 0.717) is 17.3 Å². The first-order valence-corrected chi connectivity index (χ1v) is 6.86. The average Bonchev–Trinajstić information content (AvgIpc) is 2.98. The molecular formula is C15H18ClNO3. The van der Waals surface area contributed by atoms with Gasteiger partial charge in [0.25, 0.3) is 0 Å². The normalized spacial score (nSPS) is 13.9. The molecular weight excluding hydrogens is 278 g/mol. The van der Waals surface area contributed by atoms with Crippen LogP contribution in [-0.4, -0.2) is 24.4 Å². The van der Waals surface area contributed by atoms with Gasteiger partial charge in [0.2, 0.25) is 0 Å². The first-order valence-electron chi connectivity index (χ1n) is 6.48. The van der Waals surface area contributed by atoms with E-state index in [-0.39, 0.29) is 12.6 Å². The van der Waals surface area contributed by atoms with Crippen LogP contribution in [0, 0.1) is 0 Å². The van der Waals surface area contributed by atoms with Crippen molar-refractivity contribution in [3.8, 4) is 5.75 Å². The van der Waals surface area contributed by atoms with Crippen molar-refractivity contribution in [1.82, 2.24) is 5.32 Å². The molecule has 0 spiro atoms. The number of hydrogen-bond donors (Lipinski definition) is 2. The van der Waals surface area contributed by atoms with Gasteiger partial charge in [0.15, 0.2) is 0 Å². The summed E-state index contributed by atoms with van der Waals surface area (Å²) >= 11 is 5.78. The highest BCUT2D eigenvalue weighted by Crippen LogP contribution is 2.16. The van der Waals surface area contributed by atoms with Gasteiger partial charge in [0.1, 0.15) is 24.2 Å². The van der Waals surface area contributed by atoms with Crippen LogP contribution >= 0.6 is 11.6 Å². The second-order valence-corrected chi connectivity index (χ2v) is 5.00. The Hall–Kier alpha value is -1.49. The standard InChI is InChI=1S/C15H18ClNO3/c1-11(15-3-2-8-19-15)17-9-13(18)10-20-14-6-4-12(16)5-7-14/h2-8,11,13,17-18H,9-10H2,1H3/t11-,13?/m1/s1. The van der Waals surface area contributed by atoms with Crippen molar-refractivity contribution in [3.05, 3.63) is 53.4 Å². The minimum absolute atomic E-state index is 0.0511. The van der Waals surface area contributed by atoms with Crippen LogP contribution in [0.25, 0.3) is 0 Å². The zero-order chi connectivity index (χ0) is 14.4. The summed E-state index contributed by atoms with van der Waals surface area (Å²) < 4.78 is 10.8. The van der Waals surface area contributed by atoms with Gasteiger partial charge in [0.05, 0.1) is 12.3 Å². The lowest BCUT2D eigenvalue weighted by Crippen LogP contribution is -2.32. The lowest BCUT2D eigenvalue weighted by Gasteiger charge is -2.16. The maximum atomic E-state index is 9.87. The van der Waals surface area contributed by atoms with Gasteiger partial charge in [0, 0.05) is 11.6 Å². The van der Waals surface area contributed by atoms with Crippen molar-refractivity contribution in [2.45, 2.75) is 19.1 Å². The van der Waals surface area contributed by atoms with E-state index in [0.717, 1.165) is 5.76 Å². The fourth-order valence-corrected chi connectivity index (χ4v) is 1.86. The molecule has 2 atom stereocenters. The lowest BCUT2D eigenvalue weighted by molar-refractivity contribution is 0.103. The van der Waals surface area contributed by atoms with Crippen LogP contribution in [0.4, 0.5) is 0 Å². The Kier molecular flexibility index (Phi) is 5.47. The maximum Gasteiger partial charge on any atom is 0.120 e. The Morgan fingerprint density at radius 3 is 2.70 bits per heavy atom. The van der Waals surface area contributed by atoms with E-state index in [1.54, 1.807) is 30.5 Å². The summed E-state index contributed by atoms with van der Waals surface area (Å²) in [7, 11) is 0. The molecule has 1 aromatic carbocycles. The van der Waals surface area contributed by atoms with Crippen molar-refractivity contribution in [2.75, 3.05) is 13.2 Å². The van der Waals surface area contributed by atoms with Gasteiger partial charge in [-0.15, -0.1) is 0 Å². The largest absolute Gasteiger partial charge is 0.491 e. The first-order chi connectivity index (χ1) is 9.65. The van der Waals surface area contributed by atoms with Gasteiger partial charge in [-0.05, 0) is 43.3 Å². The molecule has 0 radical (unpaired) electrons. The molecule has 4 nitrogen and oxygen atoms in total. The summed E-state index contributed by atoms with van der Waals surface area (Å²) in [6.07, 6.45) is 1.04. The number of aliphatic hydroxyl groups is 1. The summed E-state index contributed by atoms with van der Waals surface area (Å²) in [5, 5.41) is 13.7. The number of furan rings is 1. The second kappa shape index (κ2) is 7.33. The molecule has 20 heavy (non-hydrogen) atoms. The fourth-order valence-electron chi connectivity index (χ4n) is 1.73. The topological polar surface area (TPSA) is 54.6 Å². The van der Waals surface area contributed by atoms with Gasteiger partial charge in [-0.3, -0.25) is 0 Å². The van der Waals surface area contributed by atoms with E-state index < -0.39 is 6.10 Å². The Morgan fingerprint density at radius 2 is 2.05 bits per heavy atom. The van der Waals surface area contributed by atoms with Crippen LogP contribution in [0.2, 0.25) is 5.02 Å². The van der Waals surface area contributed by atoms with E-state index in [1.807, 2.05) is 19.1 Å². The molecule has 108 valence electrons. The number of ether oxygens (including phenoxy) is 1. The first kappa shape index (κ1) is 14.9. The highest BCUT2D eigenvalue weighted by Gasteiger charge is 2.11. The van der Waals surface area contributed by atoms with Gasteiger partial charge in [-0.1, -0.05) is 11.6 Å². The summed E-state index contributed by atoms with van der Waals surface area (Å²) in [6, 6.07) is 10.8. The highest BCUT2D eigenvalue weighted by atomic mass is 35.5. The minimum Gasteiger partial charge on any atom is -0.491 e. The summed E-state index contributed by atoms with van der Waals surface area (Å²) in [5.41, 5.74) is 0. The van der Waals surface area contributed by atoms with E-state index in [2.05, 4.69) is 5.32 Å². The van der Waals surface area contributed by atoms with Gasteiger partial charge < -0.3 is 19.6 Å². The van der Waals surface area contributed by atoms with Crippen LogP contribution in [0.5, 0.6) is 5.75 Å². The fraction of sp³-hybridized carbons (Fsp3) is 0.333. The number of benzene rings is 1. The number of aliphatic hydroxyl groups excluding tert-OH is 1. The second-order valence-electron chi connectivity index (χ2n) is 4.56. The molecule has 2 rings (SSSR count). The molecule has 0 saturated heterocycles. The summed E-state index contributed by atoms with van der Waals surface area (Å²) in [4.78, 5) is 0. The number of rotatable bonds is 7. The Balaban J connectivity index is 1.70. The van der Waals surface area contributed by atoms with E-state index in [9.17, 15) is 5.11 Å².